The molecular formula is C11H12N4O2S. The number of aromatic amines is 1. The molecule has 94 valence electrons. The van der Waals surface area contributed by atoms with E-state index in [-0.39, 0.29) is 0 Å². The summed E-state index contributed by atoms with van der Waals surface area (Å²) >= 11 is 4.99. The summed E-state index contributed by atoms with van der Waals surface area (Å²) in [5.74, 6) is 1.27. The first-order chi connectivity index (χ1) is 8.76. The van der Waals surface area contributed by atoms with Crippen molar-refractivity contribution in [1.29, 1.82) is 0 Å². The van der Waals surface area contributed by atoms with Crippen LogP contribution in [0.25, 0.3) is 0 Å². The lowest BCUT2D eigenvalue weighted by Gasteiger charge is -2.09. The Kier molecular flexibility index (Phi) is 3.73. The van der Waals surface area contributed by atoms with Gasteiger partial charge >= 0.3 is 0 Å². The summed E-state index contributed by atoms with van der Waals surface area (Å²) in [6.45, 7) is 0. The number of nitrogens with one attached hydrogen (secondary N) is 1. The van der Waals surface area contributed by atoms with E-state index >= 15 is 0 Å². The van der Waals surface area contributed by atoms with Gasteiger partial charge in [-0.25, -0.2) is 0 Å². The molecule has 7 heteroatoms. The summed E-state index contributed by atoms with van der Waals surface area (Å²) in [6, 6.07) is 5.55. The number of ether oxygens (including phenoxy) is 2. The van der Waals surface area contributed by atoms with Crippen molar-refractivity contribution in [2.45, 2.75) is 0 Å². The molecule has 18 heavy (non-hydrogen) atoms. The average Bonchev–Trinajstić information content (AvgIpc) is 2.81. The van der Waals surface area contributed by atoms with Crippen molar-refractivity contribution in [3.05, 3.63) is 34.9 Å². The van der Waals surface area contributed by atoms with E-state index in [0.29, 0.717) is 16.3 Å². The number of aromatic nitrogens is 3. The molecule has 0 saturated heterocycles. The van der Waals surface area contributed by atoms with Crippen LogP contribution in [-0.2, 0) is 0 Å². The minimum atomic E-state index is 0.424. The van der Waals surface area contributed by atoms with Crippen LogP contribution in [0, 0.1) is 4.77 Å². The van der Waals surface area contributed by atoms with E-state index in [9.17, 15) is 0 Å². The lowest BCUT2D eigenvalue weighted by atomic mass is 10.2. The van der Waals surface area contributed by atoms with Gasteiger partial charge in [0.1, 0.15) is 6.33 Å². The number of methoxy groups -OCH3 is 2. The maximum Gasteiger partial charge on any atom is 0.216 e. The predicted octanol–water partition coefficient (Wildman–Crippen LogP) is 1.84. The van der Waals surface area contributed by atoms with Crippen LogP contribution in [0.5, 0.6) is 11.5 Å². The molecule has 0 radical (unpaired) electrons. The first kappa shape index (κ1) is 12.3. The molecule has 1 aromatic carbocycles. The molecule has 0 aliphatic heterocycles. The van der Waals surface area contributed by atoms with Crippen molar-refractivity contribution in [2.75, 3.05) is 14.2 Å². The summed E-state index contributed by atoms with van der Waals surface area (Å²) < 4.78 is 12.4. The molecule has 0 aliphatic rings. The van der Waals surface area contributed by atoms with E-state index < -0.39 is 0 Å². The predicted molar refractivity (Wildman–Crippen MR) is 69.9 cm³/mol. The van der Waals surface area contributed by atoms with E-state index in [2.05, 4.69) is 15.3 Å². The Hall–Kier alpha value is -2.15. The van der Waals surface area contributed by atoms with Gasteiger partial charge in [0, 0.05) is 5.56 Å². The lowest BCUT2D eigenvalue weighted by Crippen LogP contribution is -1.96. The molecule has 6 nitrogen and oxygen atoms in total. The minimum absolute atomic E-state index is 0.424. The lowest BCUT2D eigenvalue weighted by molar-refractivity contribution is 0.354. The highest BCUT2D eigenvalue weighted by Crippen LogP contribution is 2.29. The van der Waals surface area contributed by atoms with E-state index in [1.807, 2.05) is 18.2 Å². The first-order valence-corrected chi connectivity index (χ1v) is 5.54. The summed E-state index contributed by atoms with van der Waals surface area (Å²) in [4.78, 5) is 0. The minimum Gasteiger partial charge on any atom is -0.493 e. The van der Waals surface area contributed by atoms with Gasteiger partial charge in [0.05, 0.1) is 20.4 Å². The van der Waals surface area contributed by atoms with Crippen LogP contribution in [-0.4, -0.2) is 35.3 Å². The zero-order valence-electron chi connectivity index (χ0n) is 9.95. The van der Waals surface area contributed by atoms with Gasteiger partial charge in [-0.05, 0) is 24.4 Å². The van der Waals surface area contributed by atoms with Gasteiger partial charge < -0.3 is 9.47 Å². The van der Waals surface area contributed by atoms with Crippen molar-refractivity contribution in [2.24, 2.45) is 5.10 Å². The van der Waals surface area contributed by atoms with E-state index in [1.54, 1.807) is 20.4 Å². The Morgan fingerprint density at radius 3 is 2.83 bits per heavy atom. The molecule has 0 spiro atoms. The monoisotopic (exact) mass is 264 g/mol. The molecule has 2 rings (SSSR count). The normalized spacial score (nSPS) is 10.8. The third-order valence-corrected chi connectivity index (χ3v) is 2.57. The highest BCUT2D eigenvalue weighted by molar-refractivity contribution is 7.71. The van der Waals surface area contributed by atoms with Gasteiger partial charge in [0.15, 0.2) is 11.5 Å². The smallest absolute Gasteiger partial charge is 0.216 e. The van der Waals surface area contributed by atoms with Crippen LogP contribution in [0.2, 0.25) is 0 Å². The number of para-hydroxylation sites is 1. The zero-order chi connectivity index (χ0) is 13.0. The SMILES string of the molecule is COc1cccc(/C=N/n2cn[nH]c2=S)c1OC. The van der Waals surface area contributed by atoms with Crippen LogP contribution in [0.3, 0.4) is 0 Å². The molecule has 0 saturated carbocycles. The second-order valence-corrected chi connectivity index (χ2v) is 3.72. The quantitative estimate of drug-likeness (QED) is 0.676. The Morgan fingerprint density at radius 2 is 2.22 bits per heavy atom. The van der Waals surface area contributed by atoms with Gasteiger partial charge in [-0.15, -0.1) is 0 Å². The van der Waals surface area contributed by atoms with Crippen molar-refractivity contribution in [3.8, 4) is 11.5 Å². The average molecular weight is 264 g/mol. The van der Waals surface area contributed by atoms with Gasteiger partial charge in [-0.1, -0.05) is 6.07 Å². The van der Waals surface area contributed by atoms with Gasteiger partial charge in [0.2, 0.25) is 4.77 Å². The third-order valence-electron chi connectivity index (χ3n) is 2.29. The Morgan fingerprint density at radius 1 is 1.39 bits per heavy atom. The molecule has 0 atom stereocenters. The number of hydrogen-bond acceptors (Lipinski definition) is 5. The highest BCUT2D eigenvalue weighted by Gasteiger charge is 2.07. The third kappa shape index (κ3) is 2.40. The summed E-state index contributed by atoms with van der Waals surface area (Å²) in [6.07, 6.45) is 3.12. The first-order valence-electron chi connectivity index (χ1n) is 5.13. The topological polar surface area (TPSA) is 64.4 Å². The second-order valence-electron chi connectivity index (χ2n) is 3.33. The molecule has 1 N–H and O–H groups in total. The maximum atomic E-state index is 5.29. The Balaban J connectivity index is 2.37. The number of benzene rings is 1. The van der Waals surface area contributed by atoms with Gasteiger partial charge in [-0.3, -0.25) is 5.10 Å². The summed E-state index contributed by atoms with van der Waals surface area (Å²) in [7, 11) is 3.17. The molecule has 0 amide bonds. The summed E-state index contributed by atoms with van der Waals surface area (Å²) in [5, 5.41) is 10.6. The molecule has 1 heterocycles. The Labute approximate surface area is 109 Å². The fraction of sp³-hybridized carbons (Fsp3) is 0.182. The highest BCUT2D eigenvalue weighted by atomic mass is 32.1. The number of nitrogens with zero attached hydrogens (tertiary/aromatic N) is 3. The van der Waals surface area contributed by atoms with E-state index in [4.69, 9.17) is 21.7 Å². The van der Waals surface area contributed by atoms with Gasteiger partial charge in [-0.2, -0.15) is 14.9 Å². The molecule has 0 aliphatic carbocycles. The van der Waals surface area contributed by atoms with Crippen LogP contribution < -0.4 is 9.47 Å². The molecule has 2 aromatic rings. The van der Waals surface area contributed by atoms with Crippen molar-refractivity contribution in [1.82, 2.24) is 14.9 Å². The molecular weight excluding hydrogens is 252 g/mol. The Bertz CT molecular complexity index is 618. The fourth-order valence-electron chi connectivity index (χ4n) is 1.46. The van der Waals surface area contributed by atoms with Crippen LogP contribution in [0.1, 0.15) is 5.56 Å². The largest absolute Gasteiger partial charge is 0.493 e. The fourth-order valence-corrected chi connectivity index (χ4v) is 1.61. The van der Waals surface area contributed by atoms with E-state index in [1.165, 1.54) is 11.0 Å². The molecule has 1 aromatic heterocycles. The molecule has 0 fully saturated rings. The number of rotatable bonds is 4. The maximum absolute atomic E-state index is 5.29. The molecule has 0 bridgehead atoms. The van der Waals surface area contributed by atoms with Crippen LogP contribution in [0.4, 0.5) is 0 Å². The zero-order valence-corrected chi connectivity index (χ0v) is 10.8. The number of hydrogen-bond donors (Lipinski definition) is 1. The van der Waals surface area contributed by atoms with Crippen molar-refractivity contribution < 1.29 is 9.47 Å². The van der Waals surface area contributed by atoms with Crippen LogP contribution in [0.15, 0.2) is 29.6 Å². The van der Waals surface area contributed by atoms with Gasteiger partial charge in [0.25, 0.3) is 0 Å². The molecule has 0 unspecified atom stereocenters. The van der Waals surface area contributed by atoms with Crippen LogP contribution >= 0.6 is 12.2 Å². The summed E-state index contributed by atoms with van der Waals surface area (Å²) in [5.41, 5.74) is 0.792. The number of H-pyrrole nitrogens is 1. The van der Waals surface area contributed by atoms with Crippen molar-refractivity contribution in [3.63, 3.8) is 0 Å². The van der Waals surface area contributed by atoms with Crippen molar-refractivity contribution >= 4 is 18.4 Å². The standard InChI is InChI=1S/C11H12N4O2S/c1-16-9-5-3-4-8(10(9)17-2)6-13-15-7-12-14-11(15)18/h3-7H,1-2H3,(H,14,18)/b13-6+. The second kappa shape index (κ2) is 5.46. The van der Waals surface area contributed by atoms with E-state index in [0.717, 1.165) is 5.56 Å².